The molecule has 92 valence electrons. The van der Waals surface area contributed by atoms with Gasteiger partial charge in [0, 0.05) is 25.4 Å². The maximum Gasteiger partial charge on any atom is 0.153 e. The lowest BCUT2D eigenvalue weighted by atomic mass is 9.98. The number of benzene rings is 1. The molecule has 1 saturated heterocycles. The van der Waals surface area contributed by atoms with Crippen molar-refractivity contribution in [2.45, 2.75) is 12.8 Å². The molecule has 1 aliphatic rings. The number of anilines is 1. The van der Waals surface area contributed by atoms with Gasteiger partial charge in [-0.3, -0.25) is 4.79 Å². The fraction of sp³-hybridized carbons (Fsp3) is 0.462. The Morgan fingerprint density at radius 2 is 2.35 bits per heavy atom. The van der Waals surface area contributed by atoms with Crippen molar-refractivity contribution in [1.82, 2.24) is 0 Å². The van der Waals surface area contributed by atoms with Crippen LogP contribution in [0.15, 0.2) is 18.2 Å². The summed E-state index contributed by atoms with van der Waals surface area (Å²) in [6, 6.07) is 5.49. The van der Waals surface area contributed by atoms with Gasteiger partial charge in [-0.1, -0.05) is 17.7 Å². The molecule has 1 aromatic rings. The molecule has 4 heteroatoms. The van der Waals surface area contributed by atoms with E-state index in [2.05, 4.69) is 4.90 Å². The minimum absolute atomic E-state index is 0.202. The molecule has 1 fully saturated rings. The third-order valence-corrected chi connectivity index (χ3v) is 3.60. The van der Waals surface area contributed by atoms with Crippen LogP contribution in [0.25, 0.3) is 0 Å². The molecule has 1 aromatic carbocycles. The second kappa shape index (κ2) is 5.52. The highest BCUT2D eigenvalue weighted by atomic mass is 35.5. The summed E-state index contributed by atoms with van der Waals surface area (Å²) in [7, 11) is 0. The summed E-state index contributed by atoms with van der Waals surface area (Å²) in [5.41, 5.74) is 1.43. The van der Waals surface area contributed by atoms with E-state index in [-0.39, 0.29) is 6.61 Å². The number of hydrogen-bond acceptors (Lipinski definition) is 3. The average Bonchev–Trinajstić information content (AvgIpc) is 2.38. The fourth-order valence-corrected chi connectivity index (χ4v) is 2.57. The molecule has 1 unspecified atom stereocenters. The quantitative estimate of drug-likeness (QED) is 0.841. The summed E-state index contributed by atoms with van der Waals surface area (Å²) >= 11 is 6.01. The van der Waals surface area contributed by atoms with Gasteiger partial charge in [-0.05, 0) is 30.9 Å². The molecule has 0 saturated carbocycles. The maximum atomic E-state index is 11.1. The zero-order valence-corrected chi connectivity index (χ0v) is 10.4. The third-order valence-electron chi connectivity index (χ3n) is 3.27. The topological polar surface area (TPSA) is 40.5 Å². The molecule has 1 aliphatic heterocycles. The lowest BCUT2D eigenvalue weighted by Gasteiger charge is -2.34. The first-order valence-electron chi connectivity index (χ1n) is 5.85. The lowest BCUT2D eigenvalue weighted by molar-refractivity contribution is 0.112. The second-order valence-corrected chi connectivity index (χ2v) is 4.83. The Labute approximate surface area is 106 Å². The minimum atomic E-state index is 0.202. The molecular formula is C13H16ClNO2. The largest absolute Gasteiger partial charge is 0.396 e. The molecule has 0 aromatic heterocycles. The third kappa shape index (κ3) is 2.61. The fourth-order valence-electron chi connectivity index (χ4n) is 2.35. The Kier molecular flexibility index (Phi) is 4.02. The minimum Gasteiger partial charge on any atom is -0.396 e. The number of piperidine rings is 1. The monoisotopic (exact) mass is 253 g/mol. The van der Waals surface area contributed by atoms with Crippen molar-refractivity contribution in [1.29, 1.82) is 0 Å². The average molecular weight is 254 g/mol. The van der Waals surface area contributed by atoms with E-state index >= 15 is 0 Å². The summed E-state index contributed by atoms with van der Waals surface area (Å²) in [6.07, 6.45) is 2.89. The molecule has 0 bridgehead atoms. The lowest BCUT2D eigenvalue weighted by Crippen LogP contribution is -2.37. The normalized spacial score (nSPS) is 20.4. The van der Waals surface area contributed by atoms with Gasteiger partial charge >= 0.3 is 0 Å². The van der Waals surface area contributed by atoms with Crippen LogP contribution in [-0.4, -0.2) is 31.1 Å². The van der Waals surface area contributed by atoms with Crippen molar-refractivity contribution in [2.24, 2.45) is 5.92 Å². The van der Waals surface area contributed by atoms with Crippen molar-refractivity contribution >= 4 is 23.6 Å². The zero-order valence-electron chi connectivity index (χ0n) is 9.60. The summed E-state index contributed by atoms with van der Waals surface area (Å²) in [6.45, 7) is 1.91. The molecule has 2 rings (SSSR count). The van der Waals surface area contributed by atoms with Crippen molar-refractivity contribution in [3.8, 4) is 0 Å². The van der Waals surface area contributed by atoms with Crippen LogP contribution in [0, 0.1) is 5.92 Å². The number of hydrogen-bond donors (Lipinski definition) is 1. The number of aliphatic hydroxyl groups is 1. The van der Waals surface area contributed by atoms with Crippen LogP contribution < -0.4 is 4.90 Å². The molecule has 1 heterocycles. The van der Waals surface area contributed by atoms with Gasteiger partial charge in [0.1, 0.15) is 0 Å². The number of halogens is 1. The molecule has 3 nitrogen and oxygen atoms in total. The van der Waals surface area contributed by atoms with Gasteiger partial charge in [0.2, 0.25) is 0 Å². The molecule has 1 atom stereocenters. The number of aldehydes is 1. The number of carbonyl (C=O) groups excluding carboxylic acids is 1. The van der Waals surface area contributed by atoms with E-state index in [0.29, 0.717) is 16.5 Å². The Bertz CT molecular complexity index is 408. The molecule has 0 amide bonds. The highest BCUT2D eigenvalue weighted by molar-refractivity contribution is 6.33. The predicted octanol–water partition coefficient (Wildman–Crippen LogP) is 2.36. The van der Waals surface area contributed by atoms with Crippen molar-refractivity contribution in [2.75, 3.05) is 24.6 Å². The SMILES string of the molecule is O=Cc1c(Cl)cccc1N1CCCC(CO)C1. The molecule has 17 heavy (non-hydrogen) atoms. The zero-order chi connectivity index (χ0) is 12.3. The molecule has 0 spiro atoms. The maximum absolute atomic E-state index is 11.1. The van der Waals surface area contributed by atoms with Crippen molar-refractivity contribution in [3.63, 3.8) is 0 Å². The Hall–Kier alpha value is -1.06. The van der Waals surface area contributed by atoms with E-state index in [0.717, 1.165) is 37.9 Å². The van der Waals surface area contributed by atoms with Crippen LogP contribution in [0.4, 0.5) is 5.69 Å². The summed E-state index contributed by atoms with van der Waals surface area (Å²) in [5, 5.41) is 9.70. The van der Waals surface area contributed by atoms with E-state index in [1.807, 2.05) is 12.1 Å². The number of rotatable bonds is 3. The summed E-state index contributed by atoms with van der Waals surface area (Å²) in [5.74, 6) is 0.294. The van der Waals surface area contributed by atoms with Gasteiger partial charge in [0.15, 0.2) is 6.29 Å². The smallest absolute Gasteiger partial charge is 0.153 e. The van der Waals surface area contributed by atoms with Gasteiger partial charge in [0.05, 0.1) is 10.6 Å². The van der Waals surface area contributed by atoms with Gasteiger partial charge in [-0.2, -0.15) is 0 Å². The Balaban J connectivity index is 2.27. The van der Waals surface area contributed by atoms with E-state index in [9.17, 15) is 9.90 Å². The highest BCUT2D eigenvalue weighted by Gasteiger charge is 2.21. The Morgan fingerprint density at radius 1 is 1.53 bits per heavy atom. The summed E-state index contributed by atoms with van der Waals surface area (Å²) in [4.78, 5) is 13.2. The van der Waals surface area contributed by atoms with E-state index in [4.69, 9.17) is 11.6 Å². The number of carbonyl (C=O) groups is 1. The molecular weight excluding hydrogens is 238 g/mol. The number of aliphatic hydroxyl groups excluding tert-OH is 1. The van der Waals surface area contributed by atoms with Crippen LogP contribution in [-0.2, 0) is 0 Å². The first-order valence-corrected chi connectivity index (χ1v) is 6.23. The predicted molar refractivity (Wildman–Crippen MR) is 68.9 cm³/mol. The standard InChI is InChI=1S/C13H16ClNO2/c14-12-4-1-5-13(11(12)9-17)15-6-2-3-10(7-15)8-16/h1,4-5,9-10,16H,2-3,6-8H2. The first-order chi connectivity index (χ1) is 8.26. The molecule has 0 radical (unpaired) electrons. The van der Waals surface area contributed by atoms with E-state index < -0.39 is 0 Å². The highest BCUT2D eigenvalue weighted by Crippen LogP contribution is 2.29. The van der Waals surface area contributed by atoms with Crippen LogP contribution in [0.1, 0.15) is 23.2 Å². The second-order valence-electron chi connectivity index (χ2n) is 4.43. The van der Waals surface area contributed by atoms with Crippen molar-refractivity contribution < 1.29 is 9.90 Å². The van der Waals surface area contributed by atoms with Gasteiger partial charge in [0.25, 0.3) is 0 Å². The number of nitrogens with zero attached hydrogens (tertiary/aromatic N) is 1. The van der Waals surface area contributed by atoms with Crippen LogP contribution in [0.3, 0.4) is 0 Å². The molecule has 1 N–H and O–H groups in total. The first kappa shape index (κ1) is 12.4. The van der Waals surface area contributed by atoms with Gasteiger partial charge in [-0.25, -0.2) is 0 Å². The van der Waals surface area contributed by atoms with Gasteiger partial charge in [-0.15, -0.1) is 0 Å². The Morgan fingerprint density at radius 3 is 3.06 bits per heavy atom. The van der Waals surface area contributed by atoms with Crippen LogP contribution >= 0.6 is 11.6 Å². The summed E-state index contributed by atoms with van der Waals surface area (Å²) < 4.78 is 0. The van der Waals surface area contributed by atoms with Crippen LogP contribution in [0.5, 0.6) is 0 Å². The van der Waals surface area contributed by atoms with E-state index in [1.54, 1.807) is 6.07 Å². The molecule has 0 aliphatic carbocycles. The van der Waals surface area contributed by atoms with Crippen LogP contribution in [0.2, 0.25) is 5.02 Å². The van der Waals surface area contributed by atoms with Crippen molar-refractivity contribution in [3.05, 3.63) is 28.8 Å². The van der Waals surface area contributed by atoms with E-state index in [1.165, 1.54) is 0 Å². The van der Waals surface area contributed by atoms with Gasteiger partial charge < -0.3 is 10.0 Å².